The number of carbonyl (C=O) groups is 2. The zero-order valence-corrected chi connectivity index (χ0v) is 13.5. The second-order valence-electron chi connectivity index (χ2n) is 6.96. The van der Waals surface area contributed by atoms with Crippen molar-refractivity contribution in [1.82, 2.24) is 0 Å². The Labute approximate surface area is 116 Å². The average molecular weight is 274 g/mol. The highest BCUT2D eigenvalue weighted by atomic mass is 32.1. The van der Waals surface area contributed by atoms with Crippen molar-refractivity contribution in [1.29, 1.82) is 0 Å². The molecule has 0 aliphatic rings. The third-order valence-corrected chi connectivity index (χ3v) is 4.46. The van der Waals surface area contributed by atoms with Gasteiger partial charge in [-0.25, -0.2) is 0 Å². The Morgan fingerprint density at radius 1 is 1.06 bits per heavy atom. The van der Waals surface area contributed by atoms with Crippen LogP contribution >= 0.6 is 12.6 Å². The van der Waals surface area contributed by atoms with Crippen molar-refractivity contribution < 1.29 is 14.3 Å². The third-order valence-electron chi connectivity index (χ3n) is 3.60. The van der Waals surface area contributed by atoms with Crippen LogP contribution in [-0.4, -0.2) is 17.7 Å². The second kappa shape index (κ2) is 5.64. The van der Waals surface area contributed by atoms with Crippen LogP contribution in [0, 0.1) is 16.2 Å². The standard InChI is InChI=1S/C14H26O3S/c1-10(15)17-11(16)14(7,12(2,3)4)8-13(5,6)9-18/h18H,8-9H2,1-7H3. The van der Waals surface area contributed by atoms with Gasteiger partial charge in [-0.1, -0.05) is 34.6 Å². The zero-order chi connectivity index (χ0) is 14.8. The number of ether oxygens (including phenoxy) is 1. The number of carbonyl (C=O) groups excluding carboxylic acids is 2. The summed E-state index contributed by atoms with van der Waals surface area (Å²) in [6.45, 7) is 13.2. The fraction of sp³-hybridized carbons (Fsp3) is 0.857. The van der Waals surface area contributed by atoms with Crippen molar-refractivity contribution in [3.63, 3.8) is 0 Å². The quantitative estimate of drug-likeness (QED) is 0.485. The summed E-state index contributed by atoms with van der Waals surface area (Å²) in [7, 11) is 0. The maximum atomic E-state index is 12.2. The Bertz CT molecular complexity index is 328. The molecule has 106 valence electrons. The molecule has 0 bridgehead atoms. The van der Waals surface area contributed by atoms with Crippen molar-refractivity contribution in [3.05, 3.63) is 0 Å². The molecule has 1 unspecified atom stereocenters. The van der Waals surface area contributed by atoms with E-state index in [1.807, 2.05) is 27.7 Å². The Morgan fingerprint density at radius 3 is 1.78 bits per heavy atom. The summed E-state index contributed by atoms with van der Waals surface area (Å²) >= 11 is 4.33. The van der Waals surface area contributed by atoms with Gasteiger partial charge >= 0.3 is 11.9 Å². The van der Waals surface area contributed by atoms with Gasteiger partial charge in [0.05, 0.1) is 5.41 Å². The van der Waals surface area contributed by atoms with Gasteiger partial charge in [0.25, 0.3) is 0 Å². The fourth-order valence-corrected chi connectivity index (χ4v) is 2.01. The van der Waals surface area contributed by atoms with Crippen molar-refractivity contribution in [3.8, 4) is 0 Å². The Hall–Kier alpha value is -0.510. The normalized spacial score (nSPS) is 16.0. The molecule has 0 amide bonds. The summed E-state index contributed by atoms with van der Waals surface area (Å²) in [6.07, 6.45) is 0.624. The molecule has 0 aromatic rings. The molecule has 18 heavy (non-hydrogen) atoms. The SMILES string of the molecule is CC(=O)OC(=O)C(C)(CC(C)(C)CS)C(C)(C)C. The van der Waals surface area contributed by atoms with Crippen LogP contribution in [0.1, 0.15) is 54.9 Å². The number of hydrogen-bond acceptors (Lipinski definition) is 4. The van der Waals surface area contributed by atoms with Gasteiger partial charge in [-0.05, 0) is 29.9 Å². The molecule has 0 aliphatic heterocycles. The van der Waals surface area contributed by atoms with Crippen LogP contribution in [0.2, 0.25) is 0 Å². The first kappa shape index (κ1) is 17.5. The molecule has 1 atom stereocenters. The number of thiol groups is 1. The molecular formula is C14H26O3S. The molecule has 0 radical (unpaired) electrons. The lowest BCUT2D eigenvalue weighted by atomic mass is 9.61. The first-order valence-electron chi connectivity index (χ1n) is 6.19. The molecule has 0 saturated heterocycles. The van der Waals surface area contributed by atoms with Gasteiger partial charge < -0.3 is 4.74 Å². The Morgan fingerprint density at radius 2 is 1.50 bits per heavy atom. The molecule has 0 aliphatic carbocycles. The van der Waals surface area contributed by atoms with Crippen LogP contribution in [0.4, 0.5) is 0 Å². The molecule has 0 N–H and O–H groups in total. The van der Waals surface area contributed by atoms with Crippen LogP contribution in [0.25, 0.3) is 0 Å². The van der Waals surface area contributed by atoms with Crippen LogP contribution in [0.5, 0.6) is 0 Å². The smallest absolute Gasteiger partial charge is 0.319 e. The molecule has 0 spiro atoms. The molecule has 0 rings (SSSR count). The number of rotatable bonds is 4. The van der Waals surface area contributed by atoms with Crippen molar-refractivity contribution in [2.45, 2.75) is 54.9 Å². The number of esters is 2. The van der Waals surface area contributed by atoms with E-state index in [0.29, 0.717) is 12.2 Å². The minimum atomic E-state index is -0.717. The summed E-state index contributed by atoms with van der Waals surface area (Å²) < 4.78 is 4.83. The van der Waals surface area contributed by atoms with Crippen molar-refractivity contribution in [2.24, 2.45) is 16.2 Å². The van der Waals surface area contributed by atoms with Gasteiger partial charge in [-0.15, -0.1) is 0 Å². The molecule has 0 fully saturated rings. The van der Waals surface area contributed by atoms with Gasteiger partial charge in [-0.3, -0.25) is 9.59 Å². The Kier molecular flexibility index (Phi) is 5.48. The minimum absolute atomic E-state index is 0.0963. The minimum Gasteiger partial charge on any atom is -0.393 e. The van der Waals surface area contributed by atoms with E-state index >= 15 is 0 Å². The van der Waals surface area contributed by atoms with E-state index in [4.69, 9.17) is 4.74 Å². The second-order valence-corrected chi connectivity index (χ2v) is 7.28. The highest BCUT2D eigenvalue weighted by Gasteiger charge is 2.48. The fourth-order valence-electron chi connectivity index (χ4n) is 1.90. The van der Waals surface area contributed by atoms with E-state index in [2.05, 4.69) is 26.5 Å². The maximum Gasteiger partial charge on any atom is 0.319 e. The maximum absolute atomic E-state index is 12.2. The van der Waals surface area contributed by atoms with Crippen LogP contribution in [-0.2, 0) is 14.3 Å². The van der Waals surface area contributed by atoms with Gasteiger partial charge in [-0.2, -0.15) is 12.6 Å². The zero-order valence-electron chi connectivity index (χ0n) is 12.6. The van der Waals surface area contributed by atoms with Gasteiger partial charge in [0, 0.05) is 6.92 Å². The highest BCUT2D eigenvalue weighted by Crippen LogP contribution is 2.47. The van der Waals surface area contributed by atoms with Gasteiger partial charge in [0.2, 0.25) is 0 Å². The summed E-state index contributed by atoms with van der Waals surface area (Å²) in [5.41, 5.74) is -1.11. The summed E-state index contributed by atoms with van der Waals surface area (Å²) in [4.78, 5) is 23.3. The Balaban J connectivity index is 5.33. The lowest BCUT2D eigenvalue weighted by Crippen LogP contribution is -2.45. The summed E-state index contributed by atoms with van der Waals surface area (Å²) in [5.74, 6) is -0.331. The largest absolute Gasteiger partial charge is 0.393 e. The summed E-state index contributed by atoms with van der Waals surface area (Å²) in [5, 5.41) is 0. The topological polar surface area (TPSA) is 43.4 Å². The molecule has 0 saturated carbocycles. The van der Waals surface area contributed by atoms with Crippen LogP contribution in [0.3, 0.4) is 0 Å². The number of hydrogen-bond donors (Lipinski definition) is 1. The van der Waals surface area contributed by atoms with Crippen molar-refractivity contribution >= 4 is 24.6 Å². The first-order valence-corrected chi connectivity index (χ1v) is 6.83. The predicted molar refractivity (Wildman–Crippen MR) is 76.6 cm³/mol. The van der Waals surface area contributed by atoms with Crippen LogP contribution in [0.15, 0.2) is 0 Å². The predicted octanol–water partition coefficient (Wildman–Crippen LogP) is 3.47. The van der Waals surface area contributed by atoms with Crippen LogP contribution < -0.4 is 0 Å². The van der Waals surface area contributed by atoms with Gasteiger partial charge in [0.1, 0.15) is 0 Å². The molecule has 0 aromatic carbocycles. The van der Waals surface area contributed by atoms with E-state index in [1.165, 1.54) is 6.92 Å². The van der Waals surface area contributed by atoms with Gasteiger partial charge in [0.15, 0.2) is 0 Å². The van der Waals surface area contributed by atoms with E-state index in [9.17, 15) is 9.59 Å². The lowest BCUT2D eigenvalue weighted by molar-refractivity contribution is -0.172. The van der Waals surface area contributed by atoms with E-state index < -0.39 is 17.4 Å². The van der Waals surface area contributed by atoms with Crippen molar-refractivity contribution in [2.75, 3.05) is 5.75 Å². The molecule has 4 heteroatoms. The monoisotopic (exact) mass is 274 g/mol. The molecule has 0 heterocycles. The third kappa shape index (κ3) is 4.30. The molecule has 3 nitrogen and oxygen atoms in total. The highest BCUT2D eigenvalue weighted by molar-refractivity contribution is 7.80. The first-order chi connectivity index (χ1) is 7.85. The van der Waals surface area contributed by atoms with E-state index in [-0.39, 0.29) is 10.8 Å². The lowest BCUT2D eigenvalue weighted by Gasteiger charge is -2.43. The summed E-state index contributed by atoms with van der Waals surface area (Å²) in [6, 6.07) is 0. The molecule has 0 aromatic heterocycles. The molecular weight excluding hydrogens is 248 g/mol. The van der Waals surface area contributed by atoms with E-state index in [0.717, 1.165) is 0 Å². The average Bonchev–Trinajstić information content (AvgIpc) is 2.14. The van der Waals surface area contributed by atoms with E-state index in [1.54, 1.807) is 0 Å².